The zero-order chi connectivity index (χ0) is 11.5. The summed E-state index contributed by atoms with van der Waals surface area (Å²) in [6, 6.07) is 4.72. The van der Waals surface area contributed by atoms with Crippen LogP contribution in [0.4, 0.5) is 17.6 Å². The van der Waals surface area contributed by atoms with Crippen molar-refractivity contribution in [2.75, 3.05) is 6.54 Å². The Morgan fingerprint density at radius 2 is 1.87 bits per heavy atom. The van der Waals surface area contributed by atoms with Gasteiger partial charge >= 0.3 is 6.18 Å². The molecule has 0 bridgehead atoms. The minimum absolute atomic E-state index is 0.289. The van der Waals surface area contributed by atoms with Crippen molar-refractivity contribution in [2.45, 2.75) is 6.18 Å². The molecule has 1 rings (SSSR count). The first-order valence-electron chi connectivity index (χ1n) is 4.19. The van der Waals surface area contributed by atoms with Crippen LogP contribution in [0.15, 0.2) is 30.3 Å². The molecular formula is C10H9F4N. The fraction of sp³-hybridized carbons (Fsp3) is 0.200. The second-order valence-electron chi connectivity index (χ2n) is 2.83. The maximum atomic E-state index is 13.1. The topological polar surface area (TPSA) is 26.0 Å². The summed E-state index contributed by atoms with van der Waals surface area (Å²) in [4.78, 5) is 0. The monoisotopic (exact) mass is 219 g/mol. The van der Waals surface area contributed by atoms with Crippen LogP contribution in [-0.4, -0.2) is 12.7 Å². The molecule has 0 heterocycles. The van der Waals surface area contributed by atoms with Gasteiger partial charge in [-0.25, -0.2) is 4.39 Å². The largest absolute Gasteiger partial charge is 0.416 e. The Hall–Kier alpha value is -1.36. The summed E-state index contributed by atoms with van der Waals surface area (Å²) >= 11 is 0. The van der Waals surface area contributed by atoms with Gasteiger partial charge in [0, 0.05) is 12.1 Å². The van der Waals surface area contributed by atoms with Gasteiger partial charge in [0.05, 0.1) is 5.57 Å². The van der Waals surface area contributed by atoms with Crippen LogP contribution >= 0.6 is 0 Å². The van der Waals surface area contributed by atoms with Gasteiger partial charge in [-0.3, -0.25) is 0 Å². The molecule has 0 saturated carbocycles. The summed E-state index contributed by atoms with van der Waals surface area (Å²) in [5.41, 5.74) is 3.50. The lowest BCUT2D eigenvalue weighted by atomic mass is 10.0. The second-order valence-corrected chi connectivity index (χ2v) is 2.83. The van der Waals surface area contributed by atoms with Gasteiger partial charge in [-0.2, -0.15) is 13.2 Å². The molecule has 0 unspecified atom stereocenters. The van der Waals surface area contributed by atoms with Crippen molar-refractivity contribution in [2.24, 2.45) is 5.73 Å². The van der Waals surface area contributed by atoms with E-state index in [-0.39, 0.29) is 6.54 Å². The van der Waals surface area contributed by atoms with E-state index in [1.807, 2.05) is 0 Å². The summed E-state index contributed by atoms with van der Waals surface area (Å²) in [5.74, 6) is -0.908. The van der Waals surface area contributed by atoms with Gasteiger partial charge in [-0.15, -0.1) is 0 Å². The van der Waals surface area contributed by atoms with Gasteiger partial charge in [-0.1, -0.05) is 24.3 Å². The number of benzene rings is 1. The number of halogens is 4. The number of rotatable bonds is 2. The second kappa shape index (κ2) is 4.44. The van der Waals surface area contributed by atoms with Crippen LogP contribution in [0.25, 0.3) is 5.57 Å². The lowest BCUT2D eigenvalue weighted by molar-refractivity contribution is -0.0692. The van der Waals surface area contributed by atoms with E-state index in [1.165, 1.54) is 12.1 Å². The molecule has 0 saturated heterocycles. The maximum Gasteiger partial charge on any atom is 0.416 e. The standard InChI is InChI=1S/C10H9F4N/c11-9-4-2-1-3-7(9)8(5-6-15)10(12,13)14/h1-5H,6,15H2/b8-5+. The zero-order valence-corrected chi connectivity index (χ0v) is 7.68. The van der Waals surface area contributed by atoms with Crippen molar-refractivity contribution in [1.82, 2.24) is 0 Å². The Morgan fingerprint density at radius 3 is 2.33 bits per heavy atom. The van der Waals surface area contributed by atoms with Crippen molar-refractivity contribution in [1.29, 1.82) is 0 Å². The summed E-state index contributed by atoms with van der Waals surface area (Å²) in [7, 11) is 0. The third-order valence-electron chi connectivity index (χ3n) is 1.79. The van der Waals surface area contributed by atoms with Crippen LogP contribution in [0.3, 0.4) is 0 Å². The lowest BCUT2D eigenvalue weighted by Gasteiger charge is -2.12. The van der Waals surface area contributed by atoms with Crippen LogP contribution in [-0.2, 0) is 0 Å². The summed E-state index contributed by atoms with van der Waals surface area (Å²) in [5, 5.41) is 0. The van der Waals surface area contributed by atoms with E-state index in [4.69, 9.17) is 5.73 Å². The molecular weight excluding hydrogens is 210 g/mol. The third-order valence-corrected chi connectivity index (χ3v) is 1.79. The summed E-state index contributed by atoms with van der Waals surface area (Å²) in [6.45, 7) is -0.289. The molecule has 5 heteroatoms. The highest BCUT2D eigenvalue weighted by atomic mass is 19.4. The van der Waals surface area contributed by atoms with Gasteiger partial charge in [-0.05, 0) is 6.07 Å². The van der Waals surface area contributed by atoms with Crippen LogP contribution < -0.4 is 5.73 Å². The van der Waals surface area contributed by atoms with Crippen molar-refractivity contribution in [3.63, 3.8) is 0 Å². The van der Waals surface area contributed by atoms with E-state index in [0.717, 1.165) is 18.2 Å². The van der Waals surface area contributed by atoms with Gasteiger partial charge in [0.1, 0.15) is 5.82 Å². The predicted molar refractivity (Wildman–Crippen MR) is 49.5 cm³/mol. The van der Waals surface area contributed by atoms with E-state index in [0.29, 0.717) is 0 Å². The van der Waals surface area contributed by atoms with Crippen LogP contribution in [0.5, 0.6) is 0 Å². The van der Waals surface area contributed by atoms with E-state index >= 15 is 0 Å². The lowest BCUT2D eigenvalue weighted by Crippen LogP contribution is -2.13. The Kier molecular flexibility index (Phi) is 3.47. The minimum Gasteiger partial charge on any atom is -0.327 e. The normalized spacial score (nSPS) is 13.0. The number of hydrogen-bond acceptors (Lipinski definition) is 1. The number of allylic oxidation sites excluding steroid dienone is 1. The van der Waals surface area contributed by atoms with E-state index in [1.54, 1.807) is 0 Å². The fourth-order valence-electron chi connectivity index (χ4n) is 1.18. The van der Waals surface area contributed by atoms with Gasteiger partial charge in [0.15, 0.2) is 0 Å². The molecule has 1 nitrogen and oxygen atoms in total. The quantitative estimate of drug-likeness (QED) is 0.760. The van der Waals surface area contributed by atoms with Gasteiger partial charge < -0.3 is 5.73 Å². The Balaban J connectivity index is 3.24. The molecule has 82 valence electrons. The van der Waals surface area contributed by atoms with Crippen molar-refractivity contribution in [3.8, 4) is 0 Å². The molecule has 0 aliphatic heterocycles. The zero-order valence-electron chi connectivity index (χ0n) is 7.68. The highest BCUT2D eigenvalue weighted by Crippen LogP contribution is 2.34. The summed E-state index contributed by atoms with van der Waals surface area (Å²) in [6.07, 6.45) is -3.83. The van der Waals surface area contributed by atoms with Gasteiger partial charge in [0.25, 0.3) is 0 Å². The van der Waals surface area contributed by atoms with Crippen LogP contribution in [0.1, 0.15) is 5.56 Å². The smallest absolute Gasteiger partial charge is 0.327 e. The summed E-state index contributed by atoms with van der Waals surface area (Å²) < 4.78 is 50.6. The van der Waals surface area contributed by atoms with Crippen molar-refractivity contribution < 1.29 is 17.6 Å². The van der Waals surface area contributed by atoms with E-state index < -0.39 is 23.1 Å². The molecule has 15 heavy (non-hydrogen) atoms. The van der Waals surface area contributed by atoms with Crippen molar-refractivity contribution in [3.05, 3.63) is 41.7 Å². The minimum atomic E-state index is -4.60. The first kappa shape index (κ1) is 11.7. The van der Waals surface area contributed by atoms with Gasteiger partial charge in [0.2, 0.25) is 0 Å². The average molecular weight is 219 g/mol. The SMILES string of the molecule is NC/C=C(\c1ccccc1F)C(F)(F)F. The molecule has 0 fully saturated rings. The highest BCUT2D eigenvalue weighted by molar-refractivity contribution is 5.70. The molecule has 0 spiro atoms. The van der Waals surface area contributed by atoms with Crippen LogP contribution in [0.2, 0.25) is 0 Å². The Labute approximate surface area is 84.2 Å². The highest BCUT2D eigenvalue weighted by Gasteiger charge is 2.35. The molecule has 2 N–H and O–H groups in total. The molecule has 0 aromatic heterocycles. The molecule has 0 radical (unpaired) electrons. The Morgan fingerprint density at radius 1 is 1.27 bits per heavy atom. The third kappa shape index (κ3) is 2.79. The maximum absolute atomic E-state index is 13.1. The number of alkyl halides is 3. The van der Waals surface area contributed by atoms with Crippen LogP contribution in [0, 0.1) is 5.82 Å². The fourth-order valence-corrected chi connectivity index (χ4v) is 1.18. The number of hydrogen-bond donors (Lipinski definition) is 1. The number of nitrogens with two attached hydrogens (primary N) is 1. The molecule has 1 aromatic carbocycles. The molecule has 0 aliphatic carbocycles. The van der Waals surface area contributed by atoms with Crippen molar-refractivity contribution >= 4 is 5.57 Å². The molecule has 0 amide bonds. The molecule has 0 atom stereocenters. The first-order chi connectivity index (χ1) is 6.96. The van der Waals surface area contributed by atoms with E-state index in [9.17, 15) is 17.6 Å². The first-order valence-corrected chi connectivity index (χ1v) is 4.19. The molecule has 1 aromatic rings. The Bertz CT molecular complexity index is 368. The van der Waals surface area contributed by atoms with E-state index in [2.05, 4.69) is 0 Å². The molecule has 0 aliphatic rings. The average Bonchev–Trinajstić information content (AvgIpc) is 2.14. The predicted octanol–water partition coefficient (Wildman–Crippen LogP) is 2.73.